The minimum atomic E-state index is -2.87. The first kappa shape index (κ1) is 11.0. The molecule has 3 fully saturated rings. The SMILES string of the molecule is O=S1(=O)CC2NC3(CCCCC3)COC2C1. The molecule has 0 radical (unpaired) electrons. The summed E-state index contributed by atoms with van der Waals surface area (Å²) in [7, 11) is -2.87. The quantitative estimate of drug-likeness (QED) is 0.674. The van der Waals surface area contributed by atoms with Gasteiger partial charge in [-0.3, -0.25) is 0 Å². The Morgan fingerprint density at radius 1 is 1.12 bits per heavy atom. The molecule has 2 unspecified atom stereocenters. The predicted octanol–water partition coefficient (Wildman–Crippen LogP) is 0.475. The van der Waals surface area contributed by atoms with Gasteiger partial charge in [0.05, 0.1) is 24.2 Å². The molecule has 0 amide bonds. The summed E-state index contributed by atoms with van der Waals surface area (Å²) in [5, 5.41) is 3.58. The zero-order chi connectivity index (χ0) is 11.2. The lowest BCUT2D eigenvalue weighted by Crippen LogP contribution is -2.62. The van der Waals surface area contributed by atoms with Crippen LogP contribution in [0.15, 0.2) is 0 Å². The maximum atomic E-state index is 11.5. The van der Waals surface area contributed by atoms with E-state index < -0.39 is 9.84 Å². The van der Waals surface area contributed by atoms with Crippen LogP contribution in [0.25, 0.3) is 0 Å². The Hall–Kier alpha value is -0.130. The van der Waals surface area contributed by atoms with Crippen LogP contribution >= 0.6 is 0 Å². The average Bonchev–Trinajstić information content (AvgIpc) is 2.52. The van der Waals surface area contributed by atoms with Gasteiger partial charge in [0.1, 0.15) is 0 Å². The molecule has 4 nitrogen and oxygen atoms in total. The molecule has 3 aliphatic rings. The Morgan fingerprint density at radius 2 is 1.88 bits per heavy atom. The first-order valence-electron chi connectivity index (χ1n) is 6.18. The highest BCUT2D eigenvalue weighted by Crippen LogP contribution is 2.34. The van der Waals surface area contributed by atoms with Crippen molar-refractivity contribution in [3.8, 4) is 0 Å². The minimum Gasteiger partial charge on any atom is -0.374 e. The van der Waals surface area contributed by atoms with Gasteiger partial charge in [0.25, 0.3) is 0 Å². The fraction of sp³-hybridized carbons (Fsp3) is 1.00. The number of nitrogens with one attached hydrogen (secondary N) is 1. The van der Waals surface area contributed by atoms with Gasteiger partial charge < -0.3 is 10.1 Å². The summed E-state index contributed by atoms with van der Waals surface area (Å²) in [6, 6.07) is 0.0387. The van der Waals surface area contributed by atoms with Gasteiger partial charge in [-0.25, -0.2) is 8.42 Å². The van der Waals surface area contributed by atoms with Gasteiger partial charge in [-0.05, 0) is 12.8 Å². The number of hydrogen-bond donors (Lipinski definition) is 1. The molecule has 3 rings (SSSR count). The van der Waals surface area contributed by atoms with Crippen LogP contribution in [0.2, 0.25) is 0 Å². The van der Waals surface area contributed by atoms with Crippen LogP contribution < -0.4 is 5.32 Å². The van der Waals surface area contributed by atoms with E-state index in [-0.39, 0.29) is 29.2 Å². The first-order chi connectivity index (χ1) is 7.59. The molecule has 2 saturated heterocycles. The van der Waals surface area contributed by atoms with Crippen LogP contribution in [-0.2, 0) is 14.6 Å². The second-order valence-corrected chi connectivity index (χ2v) is 7.67. The molecular weight excluding hydrogens is 226 g/mol. The fourth-order valence-electron chi connectivity index (χ4n) is 3.33. The fourth-order valence-corrected chi connectivity index (χ4v) is 5.14. The minimum absolute atomic E-state index is 0.0387. The monoisotopic (exact) mass is 245 g/mol. The number of fused-ring (bicyclic) bond motifs is 1. The Morgan fingerprint density at radius 3 is 2.62 bits per heavy atom. The van der Waals surface area contributed by atoms with E-state index in [2.05, 4.69) is 5.32 Å². The Balaban J connectivity index is 1.75. The number of morpholine rings is 1. The third-order valence-electron chi connectivity index (χ3n) is 4.18. The van der Waals surface area contributed by atoms with Gasteiger partial charge in [0.15, 0.2) is 9.84 Å². The second-order valence-electron chi connectivity index (χ2n) is 5.52. The van der Waals surface area contributed by atoms with E-state index in [0.29, 0.717) is 6.61 Å². The lowest BCUT2D eigenvalue weighted by Gasteiger charge is -2.45. The molecule has 92 valence electrons. The van der Waals surface area contributed by atoms with E-state index in [0.717, 1.165) is 12.8 Å². The van der Waals surface area contributed by atoms with E-state index >= 15 is 0 Å². The van der Waals surface area contributed by atoms with E-state index in [4.69, 9.17) is 4.74 Å². The Kier molecular flexibility index (Phi) is 2.53. The van der Waals surface area contributed by atoms with Gasteiger partial charge in [-0.2, -0.15) is 0 Å². The summed E-state index contributed by atoms with van der Waals surface area (Å²) in [5.41, 5.74) is 0.0826. The Labute approximate surface area is 96.7 Å². The molecule has 1 saturated carbocycles. The van der Waals surface area contributed by atoms with Crippen LogP contribution in [0.3, 0.4) is 0 Å². The standard InChI is InChI=1S/C11H19NO3S/c13-16(14)6-9-10(7-16)15-8-11(12-9)4-2-1-3-5-11/h9-10,12H,1-8H2. The van der Waals surface area contributed by atoms with E-state index in [9.17, 15) is 8.42 Å². The molecule has 0 aromatic rings. The van der Waals surface area contributed by atoms with Crippen LogP contribution in [-0.4, -0.2) is 44.2 Å². The summed E-state index contributed by atoms with van der Waals surface area (Å²) in [4.78, 5) is 0. The molecule has 0 aromatic carbocycles. The normalized spacial score (nSPS) is 40.8. The van der Waals surface area contributed by atoms with E-state index in [1.54, 1.807) is 0 Å². The zero-order valence-electron chi connectivity index (χ0n) is 9.44. The summed E-state index contributed by atoms with van der Waals surface area (Å²) in [6.07, 6.45) is 5.95. The van der Waals surface area contributed by atoms with Crippen LogP contribution in [0.1, 0.15) is 32.1 Å². The first-order valence-corrected chi connectivity index (χ1v) is 8.01. The highest BCUT2D eigenvalue weighted by atomic mass is 32.2. The van der Waals surface area contributed by atoms with Gasteiger partial charge in [-0.1, -0.05) is 19.3 Å². The third kappa shape index (κ3) is 1.89. The lowest BCUT2D eigenvalue weighted by atomic mass is 9.80. The van der Waals surface area contributed by atoms with Crippen molar-refractivity contribution < 1.29 is 13.2 Å². The van der Waals surface area contributed by atoms with Crippen molar-refractivity contribution in [2.24, 2.45) is 0 Å². The molecular formula is C11H19NO3S. The topological polar surface area (TPSA) is 55.4 Å². The third-order valence-corrected chi connectivity index (χ3v) is 5.88. The molecule has 1 N–H and O–H groups in total. The number of hydrogen-bond acceptors (Lipinski definition) is 4. The van der Waals surface area contributed by atoms with Crippen LogP contribution in [0.4, 0.5) is 0 Å². The summed E-state index contributed by atoms with van der Waals surface area (Å²) in [6.45, 7) is 0.698. The maximum absolute atomic E-state index is 11.5. The van der Waals surface area contributed by atoms with Crippen molar-refractivity contribution in [3.05, 3.63) is 0 Å². The number of ether oxygens (including phenoxy) is 1. The molecule has 2 atom stereocenters. The summed E-state index contributed by atoms with van der Waals surface area (Å²) in [5.74, 6) is 0.472. The molecule has 0 bridgehead atoms. The van der Waals surface area contributed by atoms with Crippen LogP contribution in [0.5, 0.6) is 0 Å². The highest BCUT2D eigenvalue weighted by molar-refractivity contribution is 7.91. The molecule has 1 aliphatic carbocycles. The summed E-state index contributed by atoms with van der Waals surface area (Å²) < 4.78 is 28.9. The van der Waals surface area contributed by atoms with Crippen molar-refractivity contribution in [2.45, 2.75) is 49.8 Å². The van der Waals surface area contributed by atoms with Crippen molar-refractivity contribution >= 4 is 9.84 Å². The molecule has 1 spiro atoms. The average molecular weight is 245 g/mol. The smallest absolute Gasteiger partial charge is 0.154 e. The number of rotatable bonds is 0. The van der Waals surface area contributed by atoms with Gasteiger partial charge >= 0.3 is 0 Å². The van der Waals surface area contributed by atoms with Gasteiger partial charge in [-0.15, -0.1) is 0 Å². The van der Waals surface area contributed by atoms with E-state index in [1.165, 1.54) is 19.3 Å². The number of sulfone groups is 1. The second kappa shape index (κ2) is 3.68. The molecule has 5 heteroatoms. The molecule has 2 heterocycles. The predicted molar refractivity (Wildman–Crippen MR) is 61.1 cm³/mol. The van der Waals surface area contributed by atoms with Crippen molar-refractivity contribution in [3.63, 3.8) is 0 Å². The van der Waals surface area contributed by atoms with Gasteiger partial charge in [0, 0.05) is 11.6 Å². The largest absolute Gasteiger partial charge is 0.374 e. The lowest BCUT2D eigenvalue weighted by molar-refractivity contribution is -0.0540. The molecule has 16 heavy (non-hydrogen) atoms. The van der Waals surface area contributed by atoms with Crippen molar-refractivity contribution in [1.29, 1.82) is 0 Å². The summed E-state index contributed by atoms with van der Waals surface area (Å²) >= 11 is 0. The van der Waals surface area contributed by atoms with Gasteiger partial charge in [0.2, 0.25) is 0 Å². The van der Waals surface area contributed by atoms with E-state index in [1.807, 2.05) is 0 Å². The van der Waals surface area contributed by atoms with Crippen molar-refractivity contribution in [1.82, 2.24) is 5.32 Å². The van der Waals surface area contributed by atoms with Crippen LogP contribution in [0, 0.1) is 0 Å². The highest BCUT2D eigenvalue weighted by Gasteiger charge is 2.47. The zero-order valence-corrected chi connectivity index (χ0v) is 10.3. The molecule has 0 aromatic heterocycles. The molecule has 2 aliphatic heterocycles. The van der Waals surface area contributed by atoms with Crippen molar-refractivity contribution in [2.75, 3.05) is 18.1 Å². The maximum Gasteiger partial charge on any atom is 0.154 e. The Bertz CT molecular complexity index is 373.